The molecule has 0 aliphatic heterocycles. The summed E-state index contributed by atoms with van der Waals surface area (Å²) in [6.45, 7) is 0. The number of methoxy groups -OCH3 is 1. The molecule has 4 heteroatoms. The molecule has 0 radical (unpaired) electrons. The number of phenolic OH excluding ortho intramolecular Hbond substituents is 1. The Labute approximate surface area is 83.0 Å². The fraction of sp³-hybridized carbons (Fsp3) is 0.111. The van der Waals surface area contributed by atoms with Gasteiger partial charge >= 0.3 is 0 Å². The largest absolute Gasteiger partial charge is 0.506 e. The number of phenols is 1. The first kappa shape index (κ1) is 8.44. The number of furan rings is 1. The topological polar surface area (TPSA) is 42.6 Å². The number of benzene rings is 1. The van der Waals surface area contributed by atoms with Crippen LogP contribution in [0, 0.1) is 0 Å². The van der Waals surface area contributed by atoms with E-state index in [1.54, 1.807) is 19.2 Å². The van der Waals surface area contributed by atoms with Gasteiger partial charge in [-0.1, -0.05) is 0 Å². The number of halogens is 1. The van der Waals surface area contributed by atoms with Gasteiger partial charge < -0.3 is 14.3 Å². The molecule has 0 unspecified atom stereocenters. The van der Waals surface area contributed by atoms with Crippen LogP contribution in [0.25, 0.3) is 11.0 Å². The zero-order valence-corrected chi connectivity index (χ0v) is 8.46. The molecule has 0 spiro atoms. The molecule has 0 aliphatic carbocycles. The number of aromatic hydroxyl groups is 1. The second kappa shape index (κ2) is 2.96. The van der Waals surface area contributed by atoms with E-state index < -0.39 is 0 Å². The summed E-state index contributed by atoms with van der Waals surface area (Å²) in [4.78, 5) is 0. The van der Waals surface area contributed by atoms with Crippen LogP contribution in [0.2, 0.25) is 0 Å². The highest BCUT2D eigenvalue weighted by molar-refractivity contribution is 9.10. The molecule has 0 saturated carbocycles. The average Bonchev–Trinajstić information content (AvgIpc) is 2.60. The van der Waals surface area contributed by atoms with Crippen molar-refractivity contribution in [2.75, 3.05) is 7.11 Å². The van der Waals surface area contributed by atoms with Gasteiger partial charge in [-0.05, 0) is 22.0 Å². The normalized spacial score (nSPS) is 10.6. The fourth-order valence-electron chi connectivity index (χ4n) is 1.22. The van der Waals surface area contributed by atoms with Gasteiger partial charge in [-0.3, -0.25) is 0 Å². The van der Waals surface area contributed by atoms with Crippen molar-refractivity contribution in [3.05, 3.63) is 22.9 Å². The Morgan fingerprint density at radius 3 is 3.00 bits per heavy atom. The van der Waals surface area contributed by atoms with Crippen molar-refractivity contribution in [1.82, 2.24) is 0 Å². The van der Waals surface area contributed by atoms with Gasteiger partial charge in [0, 0.05) is 6.07 Å². The first-order chi connectivity index (χ1) is 6.24. The van der Waals surface area contributed by atoms with Crippen LogP contribution >= 0.6 is 15.9 Å². The van der Waals surface area contributed by atoms with E-state index in [1.807, 2.05) is 0 Å². The third-order valence-corrected chi connectivity index (χ3v) is 2.45. The second-order valence-electron chi connectivity index (χ2n) is 2.57. The number of hydrogen-bond acceptors (Lipinski definition) is 3. The highest BCUT2D eigenvalue weighted by Gasteiger charge is 2.12. The molecule has 1 aromatic heterocycles. The predicted octanol–water partition coefficient (Wildman–Crippen LogP) is 2.91. The van der Waals surface area contributed by atoms with Gasteiger partial charge in [0.1, 0.15) is 5.75 Å². The van der Waals surface area contributed by atoms with Crippen molar-refractivity contribution in [3.63, 3.8) is 0 Å². The maximum atomic E-state index is 9.60. The zero-order valence-electron chi connectivity index (χ0n) is 6.87. The van der Waals surface area contributed by atoms with Crippen molar-refractivity contribution >= 4 is 26.9 Å². The van der Waals surface area contributed by atoms with Crippen LogP contribution in [0.4, 0.5) is 0 Å². The number of fused-ring (bicyclic) bond motifs is 1. The van der Waals surface area contributed by atoms with Gasteiger partial charge in [-0.2, -0.15) is 0 Å². The zero-order chi connectivity index (χ0) is 9.42. The van der Waals surface area contributed by atoms with Crippen LogP contribution in [0.5, 0.6) is 11.5 Å². The molecule has 1 heterocycles. The minimum Gasteiger partial charge on any atom is -0.506 e. The molecule has 2 aromatic rings. The maximum absolute atomic E-state index is 9.60. The van der Waals surface area contributed by atoms with E-state index in [-0.39, 0.29) is 5.75 Å². The summed E-state index contributed by atoms with van der Waals surface area (Å²) in [6.07, 6.45) is 1.51. The van der Waals surface area contributed by atoms with Crippen molar-refractivity contribution in [2.24, 2.45) is 0 Å². The fourth-order valence-corrected chi connectivity index (χ4v) is 1.64. The highest BCUT2D eigenvalue weighted by Crippen LogP contribution is 2.39. The van der Waals surface area contributed by atoms with E-state index in [0.717, 1.165) is 0 Å². The number of rotatable bonds is 1. The summed E-state index contributed by atoms with van der Waals surface area (Å²) in [5.41, 5.74) is 0.559. The van der Waals surface area contributed by atoms with Crippen LogP contribution in [0.15, 0.2) is 27.3 Å². The Balaban J connectivity index is 2.87. The molecule has 0 fully saturated rings. The SMILES string of the molecule is COc1cc(Br)c(O)c2ccoc12. The molecule has 68 valence electrons. The molecule has 13 heavy (non-hydrogen) atoms. The van der Waals surface area contributed by atoms with Crippen LogP contribution in [0.3, 0.4) is 0 Å². The Morgan fingerprint density at radius 2 is 2.31 bits per heavy atom. The summed E-state index contributed by atoms with van der Waals surface area (Å²) >= 11 is 3.22. The lowest BCUT2D eigenvalue weighted by atomic mass is 10.2. The van der Waals surface area contributed by atoms with Crippen molar-refractivity contribution in [2.45, 2.75) is 0 Å². The minimum absolute atomic E-state index is 0.171. The standard InChI is InChI=1S/C9H7BrO3/c1-12-7-4-6(10)8(11)5-2-3-13-9(5)7/h2-4,11H,1H3. The molecule has 0 aliphatic rings. The first-order valence-corrected chi connectivity index (χ1v) is 4.46. The monoisotopic (exact) mass is 242 g/mol. The van der Waals surface area contributed by atoms with E-state index in [2.05, 4.69) is 15.9 Å². The van der Waals surface area contributed by atoms with E-state index in [9.17, 15) is 5.11 Å². The lowest BCUT2D eigenvalue weighted by molar-refractivity contribution is 0.408. The van der Waals surface area contributed by atoms with Crippen molar-refractivity contribution in [1.29, 1.82) is 0 Å². The van der Waals surface area contributed by atoms with Crippen molar-refractivity contribution < 1.29 is 14.3 Å². The van der Waals surface area contributed by atoms with Gasteiger partial charge in [0.05, 0.1) is 23.2 Å². The third kappa shape index (κ3) is 1.18. The van der Waals surface area contributed by atoms with Crippen LogP contribution in [0.1, 0.15) is 0 Å². The molecule has 0 amide bonds. The van der Waals surface area contributed by atoms with Crippen LogP contribution in [-0.2, 0) is 0 Å². The van der Waals surface area contributed by atoms with E-state index in [0.29, 0.717) is 21.2 Å². The summed E-state index contributed by atoms with van der Waals surface area (Å²) in [5, 5.41) is 10.2. The summed E-state index contributed by atoms with van der Waals surface area (Å²) in [6, 6.07) is 3.36. The Morgan fingerprint density at radius 1 is 1.54 bits per heavy atom. The molecule has 0 atom stereocenters. The third-order valence-electron chi connectivity index (χ3n) is 1.85. The van der Waals surface area contributed by atoms with Gasteiger partial charge in [0.25, 0.3) is 0 Å². The smallest absolute Gasteiger partial charge is 0.179 e. The average molecular weight is 243 g/mol. The van der Waals surface area contributed by atoms with E-state index in [1.165, 1.54) is 6.26 Å². The lowest BCUT2D eigenvalue weighted by Gasteiger charge is -2.03. The van der Waals surface area contributed by atoms with Gasteiger partial charge in [0.15, 0.2) is 11.3 Å². The molecule has 0 bridgehead atoms. The lowest BCUT2D eigenvalue weighted by Crippen LogP contribution is -1.83. The predicted molar refractivity (Wildman–Crippen MR) is 52.1 cm³/mol. The first-order valence-electron chi connectivity index (χ1n) is 3.66. The molecule has 1 aromatic carbocycles. The molecule has 1 N–H and O–H groups in total. The van der Waals surface area contributed by atoms with Crippen LogP contribution in [-0.4, -0.2) is 12.2 Å². The molecular weight excluding hydrogens is 236 g/mol. The van der Waals surface area contributed by atoms with Gasteiger partial charge in [0.2, 0.25) is 0 Å². The second-order valence-corrected chi connectivity index (χ2v) is 3.43. The molecular formula is C9H7BrO3. The molecule has 2 rings (SSSR count). The van der Waals surface area contributed by atoms with Gasteiger partial charge in [-0.25, -0.2) is 0 Å². The summed E-state index contributed by atoms with van der Waals surface area (Å²) in [7, 11) is 1.56. The van der Waals surface area contributed by atoms with Crippen LogP contribution < -0.4 is 4.74 Å². The molecule has 0 saturated heterocycles. The van der Waals surface area contributed by atoms with E-state index in [4.69, 9.17) is 9.15 Å². The Hall–Kier alpha value is -1.16. The molecule has 3 nitrogen and oxygen atoms in total. The Kier molecular flexibility index (Phi) is 1.92. The van der Waals surface area contributed by atoms with Gasteiger partial charge in [-0.15, -0.1) is 0 Å². The quantitative estimate of drug-likeness (QED) is 0.837. The highest BCUT2D eigenvalue weighted by atomic mass is 79.9. The summed E-state index contributed by atoms with van der Waals surface area (Å²) in [5.74, 6) is 0.772. The Bertz CT molecular complexity index is 447. The number of ether oxygens (including phenoxy) is 1. The van der Waals surface area contributed by atoms with E-state index >= 15 is 0 Å². The number of hydrogen-bond donors (Lipinski definition) is 1. The minimum atomic E-state index is 0.171. The van der Waals surface area contributed by atoms with Crippen molar-refractivity contribution in [3.8, 4) is 11.5 Å². The summed E-state index contributed by atoms with van der Waals surface area (Å²) < 4.78 is 10.9. The maximum Gasteiger partial charge on any atom is 0.179 e.